The van der Waals surface area contributed by atoms with Gasteiger partial charge in [-0.3, -0.25) is 0 Å². The minimum absolute atomic E-state index is 0.270. The molecule has 4 heteroatoms. The van der Waals surface area contributed by atoms with Gasteiger partial charge in [0.15, 0.2) is 11.5 Å². The lowest BCUT2D eigenvalue weighted by Gasteiger charge is -2.07. The quantitative estimate of drug-likeness (QED) is 0.819. The normalized spacial score (nSPS) is 15.1. The van der Waals surface area contributed by atoms with Crippen molar-refractivity contribution in [1.82, 2.24) is 0 Å². The van der Waals surface area contributed by atoms with Gasteiger partial charge in [-0.15, -0.1) is 0 Å². The van der Waals surface area contributed by atoms with E-state index in [0.29, 0.717) is 18.8 Å². The van der Waals surface area contributed by atoms with E-state index in [1.807, 2.05) is 12.1 Å². The summed E-state index contributed by atoms with van der Waals surface area (Å²) >= 11 is 0. The monoisotopic (exact) mass is 210 g/mol. The van der Waals surface area contributed by atoms with Gasteiger partial charge < -0.3 is 19.3 Å². The zero-order valence-electron chi connectivity index (χ0n) is 8.60. The Morgan fingerprint density at radius 2 is 2.20 bits per heavy atom. The van der Waals surface area contributed by atoms with E-state index < -0.39 is 0 Å². The van der Waals surface area contributed by atoms with Crippen molar-refractivity contribution in [3.63, 3.8) is 0 Å². The van der Waals surface area contributed by atoms with Gasteiger partial charge in [-0.2, -0.15) is 0 Å². The lowest BCUT2D eigenvalue weighted by Crippen LogP contribution is -2.07. The molecule has 1 aliphatic rings. The first-order valence-corrected chi connectivity index (χ1v) is 4.96. The molecule has 0 spiro atoms. The highest BCUT2D eigenvalue weighted by molar-refractivity contribution is 5.46. The van der Waals surface area contributed by atoms with Crippen molar-refractivity contribution in [2.75, 3.05) is 13.4 Å². The molecule has 2 rings (SSSR count). The molecule has 0 aromatic heterocycles. The minimum Gasteiger partial charge on any atom is -0.493 e. The maximum atomic E-state index is 9.06. The van der Waals surface area contributed by atoms with Gasteiger partial charge in [0.1, 0.15) is 5.75 Å². The Bertz CT molecular complexity index is 335. The zero-order chi connectivity index (χ0) is 10.7. The number of aliphatic hydroxyl groups is 1. The fourth-order valence-corrected chi connectivity index (χ4v) is 1.31. The van der Waals surface area contributed by atoms with Crippen LogP contribution in [0.5, 0.6) is 17.2 Å². The number of hydrogen-bond acceptors (Lipinski definition) is 4. The van der Waals surface area contributed by atoms with Crippen molar-refractivity contribution < 1.29 is 19.3 Å². The molecule has 1 N–H and O–H groups in total. The van der Waals surface area contributed by atoms with Crippen LogP contribution in [0.25, 0.3) is 0 Å². The van der Waals surface area contributed by atoms with Crippen LogP contribution >= 0.6 is 0 Å². The number of aliphatic hydroxyl groups excluding tert-OH is 1. The van der Waals surface area contributed by atoms with Crippen LogP contribution in [-0.4, -0.2) is 24.6 Å². The Kier molecular flexibility index (Phi) is 2.97. The van der Waals surface area contributed by atoms with Gasteiger partial charge in [0.2, 0.25) is 6.79 Å². The first kappa shape index (κ1) is 10.1. The molecule has 1 heterocycles. The molecule has 1 atom stereocenters. The minimum atomic E-state index is -0.334. The van der Waals surface area contributed by atoms with Gasteiger partial charge >= 0.3 is 0 Å². The fourth-order valence-electron chi connectivity index (χ4n) is 1.31. The molecule has 0 saturated carbocycles. The Morgan fingerprint density at radius 3 is 3.00 bits per heavy atom. The van der Waals surface area contributed by atoms with Crippen LogP contribution in [0.15, 0.2) is 18.2 Å². The van der Waals surface area contributed by atoms with E-state index in [0.717, 1.165) is 11.5 Å². The molecule has 0 radical (unpaired) electrons. The van der Waals surface area contributed by atoms with Gasteiger partial charge in [-0.05, 0) is 19.1 Å². The highest BCUT2D eigenvalue weighted by Gasteiger charge is 2.13. The van der Waals surface area contributed by atoms with Crippen LogP contribution in [-0.2, 0) is 0 Å². The van der Waals surface area contributed by atoms with E-state index in [1.54, 1.807) is 13.0 Å². The second kappa shape index (κ2) is 4.40. The summed E-state index contributed by atoms with van der Waals surface area (Å²) in [6.07, 6.45) is 0.285. The first-order chi connectivity index (χ1) is 7.25. The summed E-state index contributed by atoms with van der Waals surface area (Å²) < 4.78 is 15.8. The van der Waals surface area contributed by atoms with Gasteiger partial charge in [0, 0.05) is 12.5 Å². The van der Waals surface area contributed by atoms with Crippen molar-refractivity contribution in [1.29, 1.82) is 0 Å². The molecule has 1 aromatic rings. The number of hydrogen-bond donors (Lipinski definition) is 1. The van der Waals surface area contributed by atoms with Crippen LogP contribution in [0.3, 0.4) is 0 Å². The number of benzene rings is 1. The largest absolute Gasteiger partial charge is 0.493 e. The SMILES string of the molecule is CC(O)CCOc1ccc2c(c1)OCO2. The molecule has 4 nitrogen and oxygen atoms in total. The molecule has 82 valence electrons. The summed E-state index contributed by atoms with van der Waals surface area (Å²) in [6.45, 7) is 2.51. The van der Waals surface area contributed by atoms with Crippen LogP contribution in [0.2, 0.25) is 0 Å². The molecule has 1 aromatic carbocycles. The van der Waals surface area contributed by atoms with Crippen molar-refractivity contribution in [2.45, 2.75) is 19.4 Å². The summed E-state index contributed by atoms with van der Waals surface area (Å²) in [6, 6.07) is 5.44. The maximum Gasteiger partial charge on any atom is 0.231 e. The summed E-state index contributed by atoms with van der Waals surface area (Å²) in [5, 5.41) is 9.06. The van der Waals surface area contributed by atoms with Crippen molar-refractivity contribution in [2.24, 2.45) is 0 Å². The highest BCUT2D eigenvalue weighted by atomic mass is 16.7. The maximum absolute atomic E-state index is 9.06. The third-order valence-electron chi connectivity index (χ3n) is 2.15. The Hall–Kier alpha value is -1.42. The zero-order valence-corrected chi connectivity index (χ0v) is 8.60. The Labute approximate surface area is 88.4 Å². The van der Waals surface area contributed by atoms with Crippen molar-refractivity contribution in [3.8, 4) is 17.2 Å². The van der Waals surface area contributed by atoms with E-state index in [1.165, 1.54) is 0 Å². The number of fused-ring (bicyclic) bond motifs is 1. The molecule has 1 unspecified atom stereocenters. The van der Waals surface area contributed by atoms with E-state index >= 15 is 0 Å². The fraction of sp³-hybridized carbons (Fsp3) is 0.455. The standard InChI is InChI=1S/C11H14O4/c1-8(12)4-5-13-9-2-3-10-11(6-9)15-7-14-10/h2-3,6,8,12H,4-5,7H2,1H3. The van der Waals surface area contributed by atoms with Crippen LogP contribution < -0.4 is 14.2 Å². The second-order valence-electron chi connectivity index (χ2n) is 3.50. The molecule has 0 saturated heterocycles. The molecular weight excluding hydrogens is 196 g/mol. The first-order valence-electron chi connectivity index (χ1n) is 4.96. The van der Waals surface area contributed by atoms with Gasteiger partial charge in [-0.1, -0.05) is 0 Å². The molecule has 0 amide bonds. The average Bonchev–Trinajstić information content (AvgIpc) is 2.64. The summed E-state index contributed by atoms with van der Waals surface area (Å²) in [7, 11) is 0. The Balaban J connectivity index is 1.92. The lowest BCUT2D eigenvalue weighted by atomic mass is 10.3. The topological polar surface area (TPSA) is 47.9 Å². The summed E-state index contributed by atoms with van der Waals surface area (Å²) in [4.78, 5) is 0. The molecule has 15 heavy (non-hydrogen) atoms. The number of rotatable bonds is 4. The predicted octanol–water partition coefficient (Wildman–Crippen LogP) is 1.56. The van der Waals surface area contributed by atoms with Gasteiger partial charge in [0.25, 0.3) is 0 Å². The van der Waals surface area contributed by atoms with Crippen LogP contribution in [0.1, 0.15) is 13.3 Å². The van der Waals surface area contributed by atoms with Gasteiger partial charge in [0.05, 0.1) is 12.7 Å². The van der Waals surface area contributed by atoms with E-state index in [2.05, 4.69) is 0 Å². The van der Waals surface area contributed by atoms with Gasteiger partial charge in [-0.25, -0.2) is 0 Å². The predicted molar refractivity (Wildman–Crippen MR) is 54.4 cm³/mol. The third kappa shape index (κ3) is 2.53. The van der Waals surface area contributed by atoms with Crippen molar-refractivity contribution in [3.05, 3.63) is 18.2 Å². The van der Waals surface area contributed by atoms with E-state index in [4.69, 9.17) is 19.3 Å². The van der Waals surface area contributed by atoms with Crippen molar-refractivity contribution >= 4 is 0 Å². The average molecular weight is 210 g/mol. The summed E-state index contributed by atoms with van der Waals surface area (Å²) in [5.74, 6) is 2.20. The highest BCUT2D eigenvalue weighted by Crippen LogP contribution is 2.35. The molecule has 0 aliphatic carbocycles. The van der Waals surface area contributed by atoms with Crippen LogP contribution in [0, 0.1) is 0 Å². The molecule has 1 aliphatic heterocycles. The molecule has 0 fully saturated rings. The Morgan fingerprint density at radius 1 is 1.40 bits per heavy atom. The second-order valence-corrected chi connectivity index (χ2v) is 3.50. The summed E-state index contributed by atoms with van der Waals surface area (Å²) in [5.41, 5.74) is 0. The van der Waals surface area contributed by atoms with E-state index in [-0.39, 0.29) is 12.9 Å². The van der Waals surface area contributed by atoms with E-state index in [9.17, 15) is 0 Å². The van der Waals surface area contributed by atoms with Crippen LogP contribution in [0.4, 0.5) is 0 Å². The number of ether oxygens (including phenoxy) is 3. The molecular formula is C11H14O4. The molecule has 0 bridgehead atoms. The smallest absolute Gasteiger partial charge is 0.231 e. The lowest BCUT2D eigenvalue weighted by molar-refractivity contribution is 0.155. The third-order valence-corrected chi connectivity index (χ3v) is 2.15.